The molecule has 0 amide bonds. The Kier molecular flexibility index (Phi) is 2.29. The Morgan fingerprint density at radius 2 is 2.25 bits per heavy atom. The molecule has 12 heavy (non-hydrogen) atoms. The number of thiocarbonyl (C=S) groups is 1. The van der Waals surface area contributed by atoms with Gasteiger partial charge in [0.1, 0.15) is 0 Å². The zero-order chi connectivity index (χ0) is 8.55. The summed E-state index contributed by atoms with van der Waals surface area (Å²) < 4.78 is 0. The van der Waals surface area contributed by atoms with Gasteiger partial charge in [-0.15, -0.1) is 0 Å². The van der Waals surface area contributed by atoms with Gasteiger partial charge in [-0.25, -0.2) is 4.99 Å². The molecule has 0 radical (unpaired) electrons. The first-order valence-electron chi connectivity index (χ1n) is 4.88. The SMILES string of the molecule is CC(N=C=S)C1CC2CCC1C2. The van der Waals surface area contributed by atoms with Crippen molar-refractivity contribution in [2.75, 3.05) is 0 Å². The average molecular weight is 181 g/mol. The Morgan fingerprint density at radius 1 is 1.42 bits per heavy atom. The van der Waals surface area contributed by atoms with Crippen molar-refractivity contribution in [2.45, 2.75) is 38.6 Å². The molecule has 2 heteroatoms. The van der Waals surface area contributed by atoms with Crippen LogP contribution in [0.2, 0.25) is 0 Å². The molecule has 0 aliphatic heterocycles. The summed E-state index contributed by atoms with van der Waals surface area (Å²) in [6.45, 7) is 2.19. The third kappa shape index (κ3) is 1.34. The van der Waals surface area contributed by atoms with Gasteiger partial charge in [0.15, 0.2) is 0 Å². The number of aliphatic imine (C=N–C) groups is 1. The van der Waals surface area contributed by atoms with Crippen LogP contribution in [0.25, 0.3) is 0 Å². The van der Waals surface area contributed by atoms with E-state index in [0.29, 0.717) is 6.04 Å². The maximum Gasteiger partial charge on any atom is 0.0605 e. The van der Waals surface area contributed by atoms with E-state index >= 15 is 0 Å². The molecule has 0 N–H and O–H groups in total. The predicted octanol–water partition coefficient (Wildman–Crippen LogP) is 2.91. The molecule has 0 spiro atoms. The lowest BCUT2D eigenvalue weighted by Gasteiger charge is -2.24. The largest absolute Gasteiger partial charge is 0.229 e. The highest BCUT2D eigenvalue weighted by Gasteiger charge is 2.41. The normalized spacial score (nSPS) is 40.9. The quantitative estimate of drug-likeness (QED) is 0.471. The Balaban J connectivity index is 2.01. The maximum atomic E-state index is 4.63. The standard InChI is InChI=1S/C10H15NS/c1-7(11-6-12)10-5-8-2-3-9(10)4-8/h7-10H,2-5H2,1H3. The topological polar surface area (TPSA) is 12.4 Å². The summed E-state index contributed by atoms with van der Waals surface area (Å²) in [5, 5.41) is 2.51. The predicted molar refractivity (Wildman–Crippen MR) is 53.4 cm³/mol. The lowest BCUT2D eigenvalue weighted by atomic mass is 9.84. The minimum atomic E-state index is 0.429. The molecule has 0 saturated heterocycles. The number of hydrogen-bond donors (Lipinski definition) is 0. The molecule has 0 aromatic rings. The highest BCUT2D eigenvalue weighted by atomic mass is 32.1. The fourth-order valence-corrected chi connectivity index (χ4v) is 3.23. The molecule has 0 aromatic heterocycles. The number of nitrogens with zero attached hydrogens (tertiary/aromatic N) is 1. The second kappa shape index (κ2) is 3.27. The minimum absolute atomic E-state index is 0.429. The lowest BCUT2D eigenvalue weighted by molar-refractivity contribution is 0.294. The van der Waals surface area contributed by atoms with Crippen molar-refractivity contribution in [2.24, 2.45) is 22.7 Å². The molecule has 2 saturated carbocycles. The second-order valence-electron chi connectivity index (χ2n) is 4.30. The average Bonchev–Trinajstić information content (AvgIpc) is 2.64. The van der Waals surface area contributed by atoms with E-state index in [1.807, 2.05) is 0 Å². The Hall–Kier alpha value is -0.200. The van der Waals surface area contributed by atoms with Crippen molar-refractivity contribution in [3.63, 3.8) is 0 Å². The van der Waals surface area contributed by atoms with E-state index in [1.165, 1.54) is 25.7 Å². The van der Waals surface area contributed by atoms with E-state index < -0.39 is 0 Å². The molecule has 0 heterocycles. The van der Waals surface area contributed by atoms with Crippen LogP contribution in [-0.2, 0) is 0 Å². The molecule has 2 fully saturated rings. The molecule has 2 rings (SSSR count). The molecule has 2 aliphatic rings. The summed E-state index contributed by atoms with van der Waals surface area (Å²) in [5.41, 5.74) is 0. The first-order chi connectivity index (χ1) is 5.81. The van der Waals surface area contributed by atoms with Crippen molar-refractivity contribution in [3.05, 3.63) is 0 Å². The summed E-state index contributed by atoms with van der Waals surface area (Å²) in [5.74, 6) is 2.79. The third-order valence-electron chi connectivity index (χ3n) is 3.67. The van der Waals surface area contributed by atoms with Crippen LogP contribution < -0.4 is 0 Å². The summed E-state index contributed by atoms with van der Waals surface area (Å²) >= 11 is 4.63. The summed E-state index contributed by atoms with van der Waals surface area (Å²) in [4.78, 5) is 4.19. The van der Waals surface area contributed by atoms with Crippen LogP contribution in [0.4, 0.5) is 0 Å². The number of fused-ring (bicyclic) bond motifs is 2. The number of rotatable bonds is 2. The molecule has 4 atom stereocenters. The maximum absolute atomic E-state index is 4.63. The van der Waals surface area contributed by atoms with Gasteiger partial charge in [0.25, 0.3) is 0 Å². The van der Waals surface area contributed by atoms with Crippen LogP contribution in [0.5, 0.6) is 0 Å². The van der Waals surface area contributed by atoms with Crippen LogP contribution in [0.3, 0.4) is 0 Å². The van der Waals surface area contributed by atoms with Crippen LogP contribution >= 0.6 is 12.2 Å². The number of hydrogen-bond acceptors (Lipinski definition) is 2. The van der Waals surface area contributed by atoms with Crippen molar-refractivity contribution >= 4 is 17.4 Å². The van der Waals surface area contributed by atoms with Crippen LogP contribution in [-0.4, -0.2) is 11.2 Å². The molecular weight excluding hydrogens is 166 g/mol. The molecule has 4 unspecified atom stereocenters. The summed E-state index contributed by atoms with van der Waals surface area (Å²) in [7, 11) is 0. The fourth-order valence-electron chi connectivity index (χ4n) is 3.06. The van der Waals surface area contributed by atoms with Gasteiger partial charge in [-0.3, -0.25) is 0 Å². The third-order valence-corrected chi connectivity index (χ3v) is 3.77. The van der Waals surface area contributed by atoms with Crippen molar-refractivity contribution in [3.8, 4) is 0 Å². The van der Waals surface area contributed by atoms with Crippen LogP contribution in [0.1, 0.15) is 32.6 Å². The van der Waals surface area contributed by atoms with Gasteiger partial charge in [0.05, 0.1) is 11.2 Å². The van der Waals surface area contributed by atoms with Crippen molar-refractivity contribution in [1.29, 1.82) is 0 Å². The first kappa shape index (κ1) is 8.40. The van der Waals surface area contributed by atoms with Gasteiger partial charge in [0.2, 0.25) is 0 Å². The molecular formula is C10H15NS. The monoisotopic (exact) mass is 181 g/mol. The summed E-state index contributed by atoms with van der Waals surface area (Å²) in [6, 6.07) is 0.429. The van der Waals surface area contributed by atoms with E-state index in [4.69, 9.17) is 0 Å². The van der Waals surface area contributed by atoms with Crippen LogP contribution in [0, 0.1) is 17.8 Å². The van der Waals surface area contributed by atoms with E-state index in [9.17, 15) is 0 Å². The number of isothiocyanates is 1. The van der Waals surface area contributed by atoms with Crippen molar-refractivity contribution in [1.82, 2.24) is 0 Å². The lowest BCUT2D eigenvalue weighted by Crippen LogP contribution is -2.21. The van der Waals surface area contributed by atoms with Gasteiger partial charge >= 0.3 is 0 Å². The van der Waals surface area contributed by atoms with Gasteiger partial charge in [-0.05, 0) is 56.2 Å². The smallest absolute Gasteiger partial charge is 0.0605 e. The van der Waals surface area contributed by atoms with Crippen molar-refractivity contribution < 1.29 is 0 Å². The minimum Gasteiger partial charge on any atom is -0.229 e. The zero-order valence-corrected chi connectivity index (χ0v) is 8.31. The van der Waals surface area contributed by atoms with E-state index in [2.05, 4.69) is 29.3 Å². The van der Waals surface area contributed by atoms with E-state index in [-0.39, 0.29) is 0 Å². The summed E-state index contributed by atoms with van der Waals surface area (Å²) in [6.07, 6.45) is 5.76. The second-order valence-corrected chi connectivity index (χ2v) is 4.48. The van der Waals surface area contributed by atoms with Gasteiger partial charge in [-0.1, -0.05) is 6.42 Å². The molecule has 1 nitrogen and oxygen atoms in total. The molecule has 0 aromatic carbocycles. The molecule has 2 aliphatic carbocycles. The van der Waals surface area contributed by atoms with Gasteiger partial charge in [-0.2, -0.15) is 0 Å². The van der Waals surface area contributed by atoms with E-state index in [1.54, 1.807) is 0 Å². The van der Waals surface area contributed by atoms with Gasteiger partial charge in [0, 0.05) is 0 Å². The Morgan fingerprint density at radius 3 is 2.75 bits per heavy atom. The Bertz CT molecular complexity index is 220. The zero-order valence-electron chi connectivity index (χ0n) is 7.49. The molecule has 2 bridgehead atoms. The highest BCUT2D eigenvalue weighted by Crippen LogP contribution is 2.49. The van der Waals surface area contributed by atoms with Crippen LogP contribution in [0.15, 0.2) is 4.99 Å². The van der Waals surface area contributed by atoms with E-state index in [0.717, 1.165) is 17.8 Å². The first-order valence-corrected chi connectivity index (χ1v) is 5.29. The molecule has 66 valence electrons. The van der Waals surface area contributed by atoms with Gasteiger partial charge < -0.3 is 0 Å². The Labute approximate surface area is 79.3 Å². The highest BCUT2D eigenvalue weighted by molar-refractivity contribution is 7.78. The fraction of sp³-hybridized carbons (Fsp3) is 0.900.